The molecular weight excluding hydrogens is 370 g/mol. The third-order valence-corrected chi connectivity index (χ3v) is 5.95. The minimum atomic E-state index is -1.35. The molecule has 2 aromatic rings. The second-order valence-electron chi connectivity index (χ2n) is 6.54. The maximum Gasteiger partial charge on any atom is 0.328 e. The normalized spacial score (nSPS) is 18.9. The standard InChI is InChI=1S/C17H21N5O4S/c1-7(9-5-19-14-10(9)6-20-17(18)22-14)11-3-4-12(27-11)15(24)21-13(8(2)23)16(25)26/h3-4,6-9,13,23H,5H2,1-2H3,(H,21,24)(H,25,26)(H3,18,19,20,22)/t7?,8-,9?,13+/m1/s1. The van der Waals surface area contributed by atoms with Crippen molar-refractivity contribution in [2.24, 2.45) is 0 Å². The predicted octanol–water partition coefficient (Wildman–Crippen LogP) is 0.997. The van der Waals surface area contributed by atoms with Crippen LogP contribution in [0.3, 0.4) is 0 Å². The van der Waals surface area contributed by atoms with E-state index in [1.807, 2.05) is 6.07 Å². The van der Waals surface area contributed by atoms with Crippen molar-refractivity contribution in [1.82, 2.24) is 15.3 Å². The van der Waals surface area contributed by atoms with Gasteiger partial charge >= 0.3 is 5.97 Å². The molecule has 2 unspecified atom stereocenters. The van der Waals surface area contributed by atoms with Crippen LogP contribution in [-0.4, -0.2) is 50.7 Å². The van der Waals surface area contributed by atoms with E-state index >= 15 is 0 Å². The molecule has 1 aliphatic rings. The van der Waals surface area contributed by atoms with Crippen molar-refractivity contribution in [3.05, 3.63) is 33.6 Å². The first-order chi connectivity index (χ1) is 12.8. The van der Waals surface area contributed by atoms with Crippen molar-refractivity contribution in [3.63, 3.8) is 0 Å². The number of carbonyl (C=O) groups is 2. The van der Waals surface area contributed by atoms with Crippen molar-refractivity contribution in [2.75, 3.05) is 17.6 Å². The van der Waals surface area contributed by atoms with E-state index in [4.69, 9.17) is 10.8 Å². The lowest BCUT2D eigenvalue weighted by Crippen LogP contribution is -2.47. The van der Waals surface area contributed by atoms with E-state index in [0.717, 1.165) is 16.3 Å². The number of carboxylic acid groups (broad SMARTS) is 1. The van der Waals surface area contributed by atoms with Gasteiger partial charge in [0.2, 0.25) is 5.95 Å². The molecule has 0 radical (unpaired) electrons. The number of rotatable bonds is 6. The minimum absolute atomic E-state index is 0.101. The number of nitrogens with one attached hydrogen (secondary N) is 2. The number of thiophene rings is 1. The van der Waals surface area contributed by atoms with Crippen LogP contribution in [0, 0.1) is 0 Å². The molecule has 1 aliphatic heterocycles. The number of aromatic nitrogens is 2. The highest BCUT2D eigenvalue weighted by atomic mass is 32.1. The van der Waals surface area contributed by atoms with Gasteiger partial charge in [-0.25, -0.2) is 9.78 Å². The number of amides is 1. The van der Waals surface area contributed by atoms with E-state index in [1.165, 1.54) is 18.3 Å². The molecule has 0 aromatic carbocycles. The summed E-state index contributed by atoms with van der Waals surface area (Å²) in [6, 6.07) is 2.17. The van der Waals surface area contributed by atoms with Gasteiger partial charge in [-0.1, -0.05) is 6.92 Å². The molecule has 0 bridgehead atoms. The molecule has 6 N–H and O–H groups in total. The SMILES string of the molecule is CC(c1ccc(C(=O)N[C@H](C(=O)O)[C@@H](C)O)s1)C1CNc2nc(N)ncc21. The van der Waals surface area contributed by atoms with Gasteiger partial charge in [0.1, 0.15) is 5.82 Å². The Morgan fingerprint density at radius 3 is 2.81 bits per heavy atom. The summed E-state index contributed by atoms with van der Waals surface area (Å²) in [4.78, 5) is 33.1. The number of nitrogen functional groups attached to an aromatic ring is 1. The van der Waals surface area contributed by atoms with Gasteiger partial charge in [0.25, 0.3) is 5.91 Å². The molecule has 0 fully saturated rings. The summed E-state index contributed by atoms with van der Waals surface area (Å²) in [6.45, 7) is 4.07. The van der Waals surface area contributed by atoms with E-state index in [9.17, 15) is 14.7 Å². The smallest absolute Gasteiger partial charge is 0.328 e. The molecular formula is C17H21N5O4S. The van der Waals surface area contributed by atoms with Gasteiger partial charge in [0.05, 0.1) is 11.0 Å². The van der Waals surface area contributed by atoms with Crippen LogP contribution in [0.15, 0.2) is 18.3 Å². The minimum Gasteiger partial charge on any atom is -0.480 e. The number of anilines is 2. The predicted molar refractivity (Wildman–Crippen MR) is 101 cm³/mol. The molecule has 2 aromatic heterocycles. The van der Waals surface area contributed by atoms with Gasteiger partial charge in [-0.15, -0.1) is 11.3 Å². The zero-order chi connectivity index (χ0) is 19.7. The van der Waals surface area contributed by atoms with Gasteiger partial charge in [-0.2, -0.15) is 4.98 Å². The Labute approximate surface area is 159 Å². The van der Waals surface area contributed by atoms with Crippen molar-refractivity contribution in [3.8, 4) is 0 Å². The first-order valence-corrected chi connectivity index (χ1v) is 9.27. The lowest BCUT2D eigenvalue weighted by Gasteiger charge is -2.18. The van der Waals surface area contributed by atoms with Crippen molar-refractivity contribution < 1.29 is 19.8 Å². The number of hydrogen-bond donors (Lipinski definition) is 5. The van der Waals surface area contributed by atoms with E-state index < -0.39 is 24.0 Å². The Bertz CT molecular complexity index is 869. The van der Waals surface area contributed by atoms with E-state index in [2.05, 4.69) is 27.5 Å². The molecule has 1 amide bonds. The summed E-state index contributed by atoms with van der Waals surface area (Å²) >= 11 is 1.30. The Balaban J connectivity index is 1.74. The van der Waals surface area contributed by atoms with Crippen molar-refractivity contribution in [2.45, 2.75) is 37.8 Å². The molecule has 10 heteroatoms. The quantitative estimate of drug-likeness (QED) is 0.489. The van der Waals surface area contributed by atoms with Crippen LogP contribution in [-0.2, 0) is 4.79 Å². The van der Waals surface area contributed by atoms with E-state index in [1.54, 1.807) is 12.3 Å². The fourth-order valence-corrected chi connectivity index (χ4v) is 4.13. The molecule has 27 heavy (non-hydrogen) atoms. The van der Waals surface area contributed by atoms with Crippen LogP contribution < -0.4 is 16.4 Å². The summed E-state index contributed by atoms with van der Waals surface area (Å²) in [5.74, 6) is -0.612. The first kappa shape index (κ1) is 19.1. The Kier molecular flexibility index (Phi) is 5.29. The Morgan fingerprint density at radius 2 is 2.15 bits per heavy atom. The second-order valence-corrected chi connectivity index (χ2v) is 7.66. The third-order valence-electron chi connectivity index (χ3n) is 4.66. The topological polar surface area (TPSA) is 150 Å². The van der Waals surface area contributed by atoms with Gasteiger partial charge in [0.15, 0.2) is 6.04 Å². The largest absolute Gasteiger partial charge is 0.480 e. The van der Waals surface area contributed by atoms with Gasteiger partial charge in [0, 0.05) is 29.1 Å². The molecule has 4 atom stereocenters. The maximum absolute atomic E-state index is 12.3. The average Bonchev–Trinajstić information content (AvgIpc) is 3.25. The summed E-state index contributed by atoms with van der Waals surface area (Å²) in [5.41, 5.74) is 6.60. The van der Waals surface area contributed by atoms with Crippen LogP contribution in [0.2, 0.25) is 0 Å². The van der Waals surface area contributed by atoms with Crippen LogP contribution in [0.25, 0.3) is 0 Å². The maximum atomic E-state index is 12.3. The van der Waals surface area contributed by atoms with Gasteiger partial charge < -0.3 is 26.6 Å². The number of hydrogen-bond acceptors (Lipinski definition) is 8. The molecule has 3 rings (SSSR count). The highest BCUT2D eigenvalue weighted by Gasteiger charge is 2.31. The number of aliphatic hydroxyl groups is 1. The summed E-state index contributed by atoms with van der Waals surface area (Å²) in [7, 11) is 0. The number of carbonyl (C=O) groups excluding carboxylic acids is 1. The molecule has 144 valence electrons. The highest BCUT2D eigenvalue weighted by Crippen LogP contribution is 2.41. The average molecular weight is 391 g/mol. The third kappa shape index (κ3) is 3.86. The lowest BCUT2D eigenvalue weighted by atomic mass is 9.89. The zero-order valence-corrected chi connectivity index (χ0v) is 15.7. The van der Waals surface area contributed by atoms with Crippen molar-refractivity contribution >= 4 is 35.0 Å². The highest BCUT2D eigenvalue weighted by molar-refractivity contribution is 7.14. The summed E-state index contributed by atoms with van der Waals surface area (Å²) in [6.07, 6.45) is 0.526. The molecule has 0 saturated carbocycles. The molecule has 0 saturated heterocycles. The second kappa shape index (κ2) is 7.49. The monoisotopic (exact) mass is 391 g/mol. The van der Waals surface area contributed by atoms with Crippen molar-refractivity contribution in [1.29, 1.82) is 0 Å². The fourth-order valence-electron chi connectivity index (χ4n) is 3.10. The number of nitrogens with two attached hydrogens (primary N) is 1. The van der Waals surface area contributed by atoms with Gasteiger partial charge in [-0.3, -0.25) is 4.79 Å². The number of aliphatic carboxylic acids is 1. The zero-order valence-electron chi connectivity index (χ0n) is 14.8. The molecule has 0 spiro atoms. The first-order valence-electron chi connectivity index (χ1n) is 8.45. The van der Waals surface area contributed by atoms with E-state index in [-0.39, 0.29) is 17.8 Å². The Hall–Kier alpha value is -2.72. The van der Waals surface area contributed by atoms with Crippen LogP contribution >= 0.6 is 11.3 Å². The lowest BCUT2D eigenvalue weighted by molar-refractivity contribution is -0.141. The van der Waals surface area contributed by atoms with Gasteiger partial charge in [-0.05, 0) is 25.0 Å². The van der Waals surface area contributed by atoms with E-state index in [0.29, 0.717) is 11.4 Å². The fraction of sp³-hybridized carbons (Fsp3) is 0.412. The number of nitrogens with zero attached hydrogens (tertiary/aromatic N) is 2. The molecule has 9 nitrogen and oxygen atoms in total. The van der Waals surface area contributed by atoms with Crippen LogP contribution in [0.5, 0.6) is 0 Å². The molecule has 0 aliphatic carbocycles. The Morgan fingerprint density at radius 1 is 1.41 bits per heavy atom. The van der Waals surface area contributed by atoms with Crippen LogP contribution in [0.1, 0.15) is 45.8 Å². The van der Waals surface area contributed by atoms with Crippen LogP contribution in [0.4, 0.5) is 11.8 Å². The number of aliphatic hydroxyl groups excluding tert-OH is 1. The number of fused-ring (bicyclic) bond motifs is 1. The summed E-state index contributed by atoms with van der Waals surface area (Å²) < 4.78 is 0. The number of carboxylic acids is 1. The summed E-state index contributed by atoms with van der Waals surface area (Å²) in [5, 5.41) is 24.2. The molecule has 3 heterocycles.